The minimum absolute atomic E-state index is 0.149. The van der Waals surface area contributed by atoms with Gasteiger partial charge in [-0.1, -0.05) is 38.1 Å². The third kappa shape index (κ3) is 3.18. The summed E-state index contributed by atoms with van der Waals surface area (Å²) in [5.74, 6) is -1.12. The fraction of sp³-hybridized carbons (Fsp3) is 0.292. The van der Waals surface area contributed by atoms with Gasteiger partial charge in [0.1, 0.15) is 0 Å². The third-order valence-corrected chi connectivity index (χ3v) is 5.93. The minimum Gasteiger partial charge on any atom is -0.347 e. The number of likely N-dealkylation sites (N-methyl/N-ethyl adjacent to an activating group) is 1. The van der Waals surface area contributed by atoms with Crippen molar-refractivity contribution >= 4 is 34.8 Å². The number of hydrogen-bond donors (Lipinski definition) is 1. The minimum atomic E-state index is -0.501. The first-order valence-electron chi connectivity index (χ1n) is 10.00. The molecule has 1 fully saturated rings. The van der Waals surface area contributed by atoms with Gasteiger partial charge in [0.15, 0.2) is 0 Å². The Bertz CT molecular complexity index is 1070. The SMILES string of the molecule is CC(=O)Nc1ccc(N2C(=O)C[C@@H](/C=C3\N(C)c4ccccc4C3(C)C)C2=O)cc1. The van der Waals surface area contributed by atoms with Crippen LogP contribution in [-0.4, -0.2) is 24.8 Å². The van der Waals surface area contributed by atoms with Gasteiger partial charge in [0, 0.05) is 42.9 Å². The molecule has 2 aliphatic heterocycles. The summed E-state index contributed by atoms with van der Waals surface area (Å²) >= 11 is 0. The number of amides is 3. The van der Waals surface area contributed by atoms with E-state index < -0.39 is 5.92 Å². The Morgan fingerprint density at radius 3 is 2.40 bits per heavy atom. The van der Waals surface area contributed by atoms with E-state index in [-0.39, 0.29) is 29.6 Å². The zero-order valence-electron chi connectivity index (χ0n) is 17.6. The molecule has 0 bridgehead atoms. The van der Waals surface area contributed by atoms with Gasteiger partial charge in [0.05, 0.1) is 11.6 Å². The molecule has 1 saturated heterocycles. The molecule has 0 radical (unpaired) electrons. The molecule has 2 heterocycles. The van der Waals surface area contributed by atoms with Gasteiger partial charge >= 0.3 is 0 Å². The van der Waals surface area contributed by atoms with Gasteiger partial charge in [-0.15, -0.1) is 0 Å². The molecule has 0 aromatic heterocycles. The molecule has 30 heavy (non-hydrogen) atoms. The van der Waals surface area contributed by atoms with E-state index in [1.165, 1.54) is 17.4 Å². The highest BCUT2D eigenvalue weighted by atomic mass is 16.2. The number of nitrogens with zero attached hydrogens (tertiary/aromatic N) is 2. The molecule has 0 aliphatic carbocycles. The Morgan fingerprint density at radius 1 is 1.10 bits per heavy atom. The predicted octanol–water partition coefficient (Wildman–Crippen LogP) is 3.84. The van der Waals surface area contributed by atoms with Crippen LogP contribution in [-0.2, 0) is 19.8 Å². The first-order valence-corrected chi connectivity index (χ1v) is 10.00. The zero-order chi connectivity index (χ0) is 21.6. The Morgan fingerprint density at radius 2 is 1.77 bits per heavy atom. The van der Waals surface area contributed by atoms with Crippen LogP contribution in [0.3, 0.4) is 0 Å². The van der Waals surface area contributed by atoms with E-state index in [0.29, 0.717) is 11.4 Å². The number of imide groups is 1. The van der Waals surface area contributed by atoms with Crippen LogP contribution >= 0.6 is 0 Å². The number of anilines is 3. The standard InChI is InChI=1S/C24H25N3O3/c1-15(28)25-17-9-11-18(12-10-17)27-22(29)14-16(23(27)30)13-21-24(2,3)19-7-5-6-8-20(19)26(21)4/h5-13,16H,14H2,1-4H3,(H,25,28)/b21-13-/t16-/m1/s1. The van der Waals surface area contributed by atoms with Crippen molar-refractivity contribution in [3.05, 3.63) is 65.9 Å². The van der Waals surface area contributed by atoms with Crippen LogP contribution in [0.25, 0.3) is 0 Å². The van der Waals surface area contributed by atoms with Crippen LogP contribution in [0, 0.1) is 5.92 Å². The van der Waals surface area contributed by atoms with Crippen molar-refractivity contribution in [3.63, 3.8) is 0 Å². The molecule has 4 rings (SSSR count). The molecular formula is C24H25N3O3. The van der Waals surface area contributed by atoms with Crippen LogP contribution in [0.5, 0.6) is 0 Å². The number of hydrogen-bond acceptors (Lipinski definition) is 4. The molecule has 2 aromatic carbocycles. The lowest BCUT2D eigenvalue weighted by Crippen LogP contribution is -2.31. The van der Waals surface area contributed by atoms with Gasteiger partial charge in [0.2, 0.25) is 17.7 Å². The van der Waals surface area contributed by atoms with E-state index in [2.05, 4.69) is 36.2 Å². The van der Waals surface area contributed by atoms with Crippen LogP contribution in [0.4, 0.5) is 17.1 Å². The molecular weight excluding hydrogens is 378 g/mol. The number of carbonyl (C=O) groups is 3. The van der Waals surface area contributed by atoms with Crippen LogP contribution < -0.4 is 15.1 Å². The molecule has 6 nitrogen and oxygen atoms in total. The van der Waals surface area contributed by atoms with Crippen molar-refractivity contribution in [2.24, 2.45) is 5.92 Å². The number of benzene rings is 2. The van der Waals surface area contributed by atoms with E-state index in [0.717, 1.165) is 11.4 Å². The number of allylic oxidation sites excluding steroid dienone is 1. The normalized spacial score (nSPS) is 21.3. The summed E-state index contributed by atoms with van der Waals surface area (Å²) in [6.45, 7) is 5.71. The fourth-order valence-corrected chi connectivity index (χ4v) is 4.45. The maximum atomic E-state index is 13.1. The third-order valence-electron chi connectivity index (χ3n) is 5.93. The van der Waals surface area contributed by atoms with Crippen molar-refractivity contribution in [1.29, 1.82) is 0 Å². The molecule has 0 saturated carbocycles. The fourth-order valence-electron chi connectivity index (χ4n) is 4.45. The maximum absolute atomic E-state index is 13.1. The van der Waals surface area contributed by atoms with Crippen molar-refractivity contribution in [3.8, 4) is 0 Å². The number of fused-ring (bicyclic) bond motifs is 1. The molecule has 154 valence electrons. The first kappa shape index (κ1) is 19.9. The van der Waals surface area contributed by atoms with Gasteiger partial charge in [-0.2, -0.15) is 0 Å². The Kier molecular flexibility index (Phi) is 4.73. The summed E-state index contributed by atoms with van der Waals surface area (Å²) in [5.41, 5.74) is 4.25. The summed E-state index contributed by atoms with van der Waals surface area (Å²) in [6, 6.07) is 14.9. The molecule has 0 spiro atoms. The first-order chi connectivity index (χ1) is 14.2. The average molecular weight is 403 g/mol. The zero-order valence-corrected chi connectivity index (χ0v) is 17.6. The number of para-hydroxylation sites is 1. The second-order valence-corrected chi connectivity index (χ2v) is 8.36. The lowest BCUT2D eigenvalue weighted by Gasteiger charge is -2.25. The largest absolute Gasteiger partial charge is 0.347 e. The van der Waals surface area contributed by atoms with E-state index in [1.807, 2.05) is 25.3 Å². The summed E-state index contributed by atoms with van der Waals surface area (Å²) in [4.78, 5) is 40.4. The summed E-state index contributed by atoms with van der Waals surface area (Å²) < 4.78 is 0. The van der Waals surface area contributed by atoms with Gasteiger partial charge in [-0.25, -0.2) is 0 Å². The molecule has 2 aromatic rings. The van der Waals surface area contributed by atoms with Crippen molar-refractivity contribution in [2.75, 3.05) is 22.2 Å². The monoisotopic (exact) mass is 403 g/mol. The average Bonchev–Trinajstić information content (AvgIpc) is 3.08. The molecule has 1 atom stereocenters. The van der Waals surface area contributed by atoms with E-state index in [4.69, 9.17) is 0 Å². The van der Waals surface area contributed by atoms with Crippen LogP contribution in [0.2, 0.25) is 0 Å². The number of carbonyl (C=O) groups excluding carboxylic acids is 3. The summed E-state index contributed by atoms with van der Waals surface area (Å²) in [5, 5.41) is 2.68. The molecule has 1 N–H and O–H groups in total. The number of nitrogens with one attached hydrogen (secondary N) is 1. The molecule has 0 unspecified atom stereocenters. The lowest BCUT2D eigenvalue weighted by atomic mass is 9.82. The summed E-state index contributed by atoms with van der Waals surface area (Å²) in [6.07, 6.45) is 2.10. The summed E-state index contributed by atoms with van der Waals surface area (Å²) in [7, 11) is 2.00. The molecule has 3 amide bonds. The highest BCUT2D eigenvalue weighted by Gasteiger charge is 2.43. The smallest absolute Gasteiger partial charge is 0.241 e. The second-order valence-electron chi connectivity index (χ2n) is 8.36. The maximum Gasteiger partial charge on any atom is 0.241 e. The van der Waals surface area contributed by atoms with Crippen molar-refractivity contribution in [1.82, 2.24) is 0 Å². The quantitative estimate of drug-likeness (QED) is 0.791. The van der Waals surface area contributed by atoms with Gasteiger partial charge in [-0.3, -0.25) is 19.3 Å². The van der Waals surface area contributed by atoms with Crippen LogP contribution in [0.1, 0.15) is 32.8 Å². The van der Waals surface area contributed by atoms with Gasteiger partial charge < -0.3 is 10.2 Å². The second kappa shape index (κ2) is 7.13. The number of rotatable bonds is 3. The van der Waals surface area contributed by atoms with Crippen molar-refractivity contribution < 1.29 is 14.4 Å². The Hall–Kier alpha value is -3.41. The Balaban J connectivity index is 1.61. The van der Waals surface area contributed by atoms with Gasteiger partial charge in [0.25, 0.3) is 0 Å². The highest BCUT2D eigenvalue weighted by Crippen LogP contribution is 2.47. The topological polar surface area (TPSA) is 69.7 Å². The highest BCUT2D eigenvalue weighted by molar-refractivity contribution is 6.21. The Labute approximate surface area is 176 Å². The molecule has 6 heteroatoms. The van der Waals surface area contributed by atoms with Crippen LogP contribution in [0.15, 0.2) is 60.3 Å². The van der Waals surface area contributed by atoms with E-state index in [1.54, 1.807) is 24.3 Å². The molecule has 2 aliphatic rings. The predicted molar refractivity (Wildman–Crippen MR) is 117 cm³/mol. The van der Waals surface area contributed by atoms with E-state index >= 15 is 0 Å². The van der Waals surface area contributed by atoms with Crippen molar-refractivity contribution in [2.45, 2.75) is 32.6 Å². The lowest BCUT2D eigenvalue weighted by molar-refractivity contribution is -0.122. The van der Waals surface area contributed by atoms with Gasteiger partial charge in [-0.05, 0) is 35.9 Å². The van der Waals surface area contributed by atoms with E-state index in [9.17, 15) is 14.4 Å².